The lowest BCUT2D eigenvalue weighted by atomic mass is 10.1. The van der Waals surface area contributed by atoms with E-state index in [2.05, 4.69) is 5.32 Å². The molecule has 0 saturated heterocycles. The molecule has 0 aliphatic heterocycles. The van der Waals surface area contributed by atoms with Crippen LogP contribution in [0.3, 0.4) is 0 Å². The minimum Gasteiger partial charge on any atom is -0.481 e. The van der Waals surface area contributed by atoms with Gasteiger partial charge in [-0.3, -0.25) is 9.59 Å². The average Bonchev–Trinajstić information content (AvgIpc) is 2.23. The Morgan fingerprint density at radius 2 is 2.12 bits per heavy atom. The van der Waals surface area contributed by atoms with Crippen LogP contribution in [-0.4, -0.2) is 23.5 Å². The third-order valence-corrected chi connectivity index (χ3v) is 2.11. The van der Waals surface area contributed by atoms with Crippen molar-refractivity contribution in [2.45, 2.75) is 12.8 Å². The normalized spacial score (nSPS) is 9.94. The number of hydrogen-bond donors (Lipinski definition) is 3. The average molecular weight is 240 g/mol. The van der Waals surface area contributed by atoms with Crippen molar-refractivity contribution >= 4 is 17.6 Å². The van der Waals surface area contributed by atoms with Crippen molar-refractivity contribution in [3.05, 3.63) is 29.6 Å². The van der Waals surface area contributed by atoms with Gasteiger partial charge in [-0.25, -0.2) is 4.39 Å². The summed E-state index contributed by atoms with van der Waals surface area (Å²) in [5.41, 5.74) is 5.72. The molecule has 0 saturated carbocycles. The first-order valence-electron chi connectivity index (χ1n) is 5.05. The number of carbonyl (C=O) groups is 2. The van der Waals surface area contributed by atoms with Crippen LogP contribution in [0, 0.1) is 5.82 Å². The summed E-state index contributed by atoms with van der Waals surface area (Å²) in [7, 11) is 0. The van der Waals surface area contributed by atoms with E-state index in [1.54, 1.807) is 0 Å². The molecule has 0 atom stereocenters. The highest BCUT2D eigenvalue weighted by Crippen LogP contribution is 2.12. The number of rotatable bonds is 5. The number of amides is 1. The maximum Gasteiger partial charge on any atom is 0.303 e. The molecular formula is C11H13FN2O3. The molecule has 17 heavy (non-hydrogen) atoms. The van der Waals surface area contributed by atoms with Gasteiger partial charge in [0.1, 0.15) is 5.82 Å². The molecule has 0 aliphatic rings. The van der Waals surface area contributed by atoms with E-state index in [1.165, 1.54) is 6.07 Å². The number of carboxylic acids is 1. The number of anilines is 1. The Labute approximate surface area is 97.4 Å². The molecule has 0 radical (unpaired) electrons. The molecule has 0 aromatic heterocycles. The largest absolute Gasteiger partial charge is 0.481 e. The Morgan fingerprint density at radius 3 is 2.71 bits per heavy atom. The predicted octanol–water partition coefficient (Wildman–Crippen LogP) is 1.00. The molecule has 6 heteroatoms. The van der Waals surface area contributed by atoms with Gasteiger partial charge in [-0.1, -0.05) is 0 Å². The van der Waals surface area contributed by atoms with Crippen molar-refractivity contribution in [3.63, 3.8) is 0 Å². The van der Waals surface area contributed by atoms with Crippen molar-refractivity contribution in [2.75, 3.05) is 12.3 Å². The Bertz CT molecular complexity index is 435. The standard InChI is InChI=1S/C11H13FN2O3/c12-7-3-4-8(9(13)6-7)11(17)14-5-1-2-10(15)16/h3-4,6H,1-2,5,13H2,(H,14,17)(H,15,16). The van der Waals surface area contributed by atoms with E-state index in [9.17, 15) is 14.0 Å². The van der Waals surface area contributed by atoms with Crippen LogP contribution in [0.4, 0.5) is 10.1 Å². The fourth-order valence-corrected chi connectivity index (χ4v) is 1.28. The van der Waals surface area contributed by atoms with E-state index < -0.39 is 17.7 Å². The second-order valence-electron chi connectivity index (χ2n) is 3.48. The van der Waals surface area contributed by atoms with Gasteiger partial charge >= 0.3 is 5.97 Å². The Kier molecular flexibility index (Phi) is 4.45. The number of nitrogens with two attached hydrogens (primary N) is 1. The lowest BCUT2D eigenvalue weighted by Gasteiger charge is -2.06. The number of benzene rings is 1. The van der Waals surface area contributed by atoms with Gasteiger partial charge < -0.3 is 16.2 Å². The number of nitrogen functional groups attached to an aromatic ring is 1. The highest BCUT2D eigenvalue weighted by atomic mass is 19.1. The highest BCUT2D eigenvalue weighted by Gasteiger charge is 2.09. The van der Waals surface area contributed by atoms with Crippen molar-refractivity contribution in [3.8, 4) is 0 Å². The lowest BCUT2D eigenvalue weighted by Crippen LogP contribution is -2.25. The van der Waals surface area contributed by atoms with Crippen LogP contribution in [0.25, 0.3) is 0 Å². The summed E-state index contributed by atoms with van der Waals surface area (Å²) in [6.45, 7) is 0.238. The van der Waals surface area contributed by atoms with Crippen molar-refractivity contribution in [2.24, 2.45) is 0 Å². The molecule has 1 aromatic carbocycles. The molecule has 92 valence electrons. The van der Waals surface area contributed by atoms with Crippen molar-refractivity contribution in [1.29, 1.82) is 0 Å². The van der Waals surface area contributed by atoms with Crippen LogP contribution in [0.2, 0.25) is 0 Å². The quantitative estimate of drug-likeness (QED) is 0.529. The van der Waals surface area contributed by atoms with Gasteiger partial charge in [0.05, 0.1) is 5.56 Å². The first-order valence-corrected chi connectivity index (χ1v) is 5.05. The molecule has 5 nitrogen and oxygen atoms in total. The summed E-state index contributed by atoms with van der Waals surface area (Å²) in [6.07, 6.45) is 0.321. The van der Waals surface area contributed by atoms with Gasteiger partial charge in [-0.05, 0) is 24.6 Å². The number of carbonyl (C=O) groups excluding carboxylic acids is 1. The predicted molar refractivity (Wildman–Crippen MR) is 60.0 cm³/mol. The topological polar surface area (TPSA) is 92.4 Å². The van der Waals surface area contributed by atoms with Crippen LogP contribution in [-0.2, 0) is 4.79 Å². The smallest absolute Gasteiger partial charge is 0.303 e. The fraction of sp³-hybridized carbons (Fsp3) is 0.273. The number of hydrogen-bond acceptors (Lipinski definition) is 3. The Hall–Kier alpha value is -2.11. The van der Waals surface area contributed by atoms with Crippen LogP contribution in [0.1, 0.15) is 23.2 Å². The second kappa shape index (κ2) is 5.83. The summed E-state index contributed by atoms with van der Waals surface area (Å²) in [4.78, 5) is 21.8. The number of carboxylic acid groups (broad SMARTS) is 1. The summed E-state index contributed by atoms with van der Waals surface area (Å²) in [6, 6.07) is 3.49. The SMILES string of the molecule is Nc1cc(F)ccc1C(=O)NCCCC(=O)O. The highest BCUT2D eigenvalue weighted by molar-refractivity contribution is 5.99. The van der Waals surface area contributed by atoms with Gasteiger partial charge in [-0.15, -0.1) is 0 Å². The van der Waals surface area contributed by atoms with Crippen LogP contribution in [0.5, 0.6) is 0 Å². The summed E-state index contributed by atoms with van der Waals surface area (Å²) in [5.74, 6) is -1.86. The zero-order valence-corrected chi connectivity index (χ0v) is 9.07. The van der Waals surface area contributed by atoms with Gasteiger partial charge in [0.15, 0.2) is 0 Å². The van der Waals surface area contributed by atoms with Gasteiger partial charge in [-0.2, -0.15) is 0 Å². The Balaban J connectivity index is 2.50. The van der Waals surface area contributed by atoms with Gasteiger partial charge in [0, 0.05) is 18.7 Å². The van der Waals surface area contributed by atoms with Crippen LogP contribution in [0.15, 0.2) is 18.2 Å². The molecule has 0 fully saturated rings. The molecule has 0 aliphatic carbocycles. The van der Waals surface area contributed by atoms with Crippen LogP contribution < -0.4 is 11.1 Å². The first-order chi connectivity index (χ1) is 8.00. The second-order valence-corrected chi connectivity index (χ2v) is 3.48. The molecule has 0 heterocycles. The van der Waals surface area contributed by atoms with Crippen LogP contribution >= 0.6 is 0 Å². The maximum absolute atomic E-state index is 12.7. The van der Waals surface area contributed by atoms with E-state index in [0.717, 1.165) is 12.1 Å². The third-order valence-electron chi connectivity index (χ3n) is 2.11. The van der Waals surface area contributed by atoms with E-state index in [4.69, 9.17) is 10.8 Å². The van der Waals surface area contributed by atoms with Crippen molar-refractivity contribution < 1.29 is 19.1 Å². The molecular weight excluding hydrogens is 227 g/mol. The molecule has 1 amide bonds. The molecule has 4 N–H and O–H groups in total. The molecule has 0 spiro atoms. The summed E-state index contributed by atoms with van der Waals surface area (Å²) < 4.78 is 12.7. The monoisotopic (exact) mass is 240 g/mol. The third kappa shape index (κ3) is 4.10. The molecule has 0 unspecified atom stereocenters. The van der Waals surface area contributed by atoms with Gasteiger partial charge in [0.25, 0.3) is 5.91 Å². The summed E-state index contributed by atoms with van der Waals surface area (Å²) in [5, 5.41) is 10.9. The van der Waals surface area contributed by atoms with E-state index >= 15 is 0 Å². The first kappa shape index (κ1) is 13.0. The minimum atomic E-state index is -0.916. The maximum atomic E-state index is 12.7. The van der Waals surface area contributed by atoms with E-state index in [1.807, 2.05) is 0 Å². The Morgan fingerprint density at radius 1 is 1.41 bits per heavy atom. The van der Waals surface area contributed by atoms with E-state index in [-0.39, 0.29) is 24.2 Å². The zero-order valence-electron chi connectivity index (χ0n) is 9.07. The summed E-state index contributed by atoms with van der Waals surface area (Å²) >= 11 is 0. The minimum absolute atomic E-state index is 0.0147. The number of aliphatic carboxylic acids is 1. The molecule has 1 aromatic rings. The van der Waals surface area contributed by atoms with Crippen molar-refractivity contribution in [1.82, 2.24) is 5.32 Å². The molecule has 1 rings (SSSR count). The van der Waals surface area contributed by atoms with Gasteiger partial charge in [0.2, 0.25) is 0 Å². The number of nitrogens with one attached hydrogen (secondary N) is 1. The fourth-order valence-electron chi connectivity index (χ4n) is 1.28. The zero-order chi connectivity index (χ0) is 12.8. The molecule has 0 bridgehead atoms. The number of halogens is 1. The lowest BCUT2D eigenvalue weighted by molar-refractivity contribution is -0.137. The van der Waals surface area contributed by atoms with E-state index in [0.29, 0.717) is 6.42 Å².